The van der Waals surface area contributed by atoms with Crippen molar-refractivity contribution in [2.75, 3.05) is 0 Å². The van der Waals surface area contributed by atoms with Gasteiger partial charge in [0, 0.05) is 10.9 Å². The number of fused-ring (bicyclic) bond motifs is 2. The van der Waals surface area contributed by atoms with Crippen LogP contribution in [0.2, 0.25) is 0 Å². The van der Waals surface area contributed by atoms with E-state index in [-0.39, 0.29) is 0 Å². The second-order valence-corrected chi connectivity index (χ2v) is 6.99. The molecule has 4 aromatic rings. The molecule has 0 saturated carbocycles. The second-order valence-electron chi connectivity index (χ2n) is 6.99. The summed E-state index contributed by atoms with van der Waals surface area (Å²) in [4.78, 5) is 27.7. The molecule has 0 fully saturated rings. The van der Waals surface area contributed by atoms with Gasteiger partial charge in [0.25, 0.3) is 11.8 Å². The third-order valence-electron chi connectivity index (χ3n) is 4.72. The number of carbonyl (C=O) groups is 2. The highest BCUT2D eigenvalue weighted by atomic mass is 16.5. The van der Waals surface area contributed by atoms with Gasteiger partial charge in [-0.3, -0.25) is 20.4 Å². The summed E-state index contributed by atoms with van der Waals surface area (Å²) in [7, 11) is 0. The first kappa shape index (κ1) is 18.6. The molecule has 3 aromatic carbocycles. The lowest BCUT2D eigenvalue weighted by molar-refractivity contribution is -0.128. The molecule has 0 aliphatic carbocycles. The number of nitrogens with one attached hydrogen (secondary N) is 3. The SMILES string of the molecule is Cc1ccc2cc(C(=O)NNC(=O)C(C)Oc3ccc4ccccc4c3)[nH]c2c1. The molecule has 6 heteroatoms. The minimum Gasteiger partial charge on any atom is -0.481 e. The maximum absolute atomic E-state index is 12.3. The van der Waals surface area contributed by atoms with Crippen LogP contribution in [0.15, 0.2) is 66.7 Å². The van der Waals surface area contributed by atoms with Crippen LogP contribution in [0, 0.1) is 6.92 Å². The van der Waals surface area contributed by atoms with Gasteiger partial charge in [0.05, 0.1) is 0 Å². The van der Waals surface area contributed by atoms with E-state index in [0.717, 1.165) is 27.2 Å². The molecule has 6 nitrogen and oxygen atoms in total. The van der Waals surface area contributed by atoms with Crippen molar-refractivity contribution in [3.63, 3.8) is 0 Å². The Labute approximate surface area is 167 Å². The number of rotatable bonds is 4. The lowest BCUT2D eigenvalue weighted by Crippen LogP contribution is -2.47. The predicted molar refractivity (Wildman–Crippen MR) is 113 cm³/mol. The Morgan fingerprint density at radius 2 is 1.66 bits per heavy atom. The van der Waals surface area contributed by atoms with Crippen LogP contribution in [0.1, 0.15) is 23.0 Å². The zero-order chi connectivity index (χ0) is 20.4. The van der Waals surface area contributed by atoms with Crippen LogP contribution < -0.4 is 15.6 Å². The van der Waals surface area contributed by atoms with Crippen LogP contribution in [-0.2, 0) is 4.79 Å². The molecule has 1 aromatic heterocycles. The molecule has 0 radical (unpaired) electrons. The number of ether oxygens (including phenoxy) is 1. The fourth-order valence-corrected chi connectivity index (χ4v) is 3.15. The Balaban J connectivity index is 1.36. The Bertz CT molecular complexity index is 1210. The van der Waals surface area contributed by atoms with Crippen molar-refractivity contribution in [2.45, 2.75) is 20.0 Å². The smallest absolute Gasteiger partial charge is 0.286 e. The molecule has 0 aliphatic heterocycles. The monoisotopic (exact) mass is 387 g/mol. The van der Waals surface area contributed by atoms with E-state index in [0.29, 0.717) is 11.4 Å². The first-order valence-corrected chi connectivity index (χ1v) is 9.34. The number of hydrogen-bond donors (Lipinski definition) is 3. The number of aromatic nitrogens is 1. The average Bonchev–Trinajstić information content (AvgIpc) is 3.15. The lowest BCUT2D eigenvalue weighted by Gasteiger charge is -2.15. The first-order valence-electron chi connectivity index (χ1n) is 9.34. The third kappa shape index (κ3) is 4.06. The Morgan fingerprint density at radius 3 is 2.48 bits per heavy atom. The number of H-pyrrole nitrogens is 1. The summed E-state index contributed by atoms with van der Waals surface area (Å²) < 4.78 is 5.71. The summed E-state index contributed by atoms with van der Waals surface area (Å²) in [5, 5.41) is 3.05. The molecular weight excluding hydrogens is 366 g/mol. The van der Waals surface area contributed by atoms with Crippen LogP contribution in [0.5, 0.6) is 5.75 Å². The van der Waals surface area contributed by atoms with E-state index in [1.807, 2.05) is 67.6 Å². The number of aryl methyl sites for hydroxylation is 1. The number of hydrogen-bond acceptors (Lipinski definition) is 3. The maximum atomic E-state index is 12.3. The first-order chi connectivity index (χ1) is 14.0. The van der Waals surface area contributed by atoms with Crippen molar-refractivity contribution < 1.29 is 14.3 Å². The molecule has 2 amide bonds. The van der Waals surface area contributed by atoms with Crippen molar-refractivity contribution >= 4 is 33.5 Å². The zero-order valence-electron chi connectivity index (χ0n) is 16.2. The molecule has 3 N–H and O–H groups in total. The number of aromatic amines is 1. The average molecular weight is 387 g/mol. The number of benzene rings is 3. The fraction of sp³-hybridized carbons (Fsp3) is 0.130. The topological polar surface area (TPSA) is 83.2 Å². The molecule has 0 spiro atoms. The van der Waals surface area contributed by atoms with Crippen LogP contribution in [-0.4, -0.2) is 22.9 Å². The van der Waals surface area contributed by atoms with Gasteiger partial charge in [0.15, 0.2) is 6.10 Å². The zero-order valence-corrected chi connectivity index (χ0v) is 16.2. The van der Waals surface area contributed by atoms with E-state index in [1.54, 1.807) is 13.0 Å². The Hall–Kier alpha value is -3.80. The predicted octanol–water partition coefficient (Wildman–Crippen LogP) is 3.86. The molecule has 4 rings (SSSR count). The van der Waals surface area contributed by atoms with Gasteiger partial charge in [-0.1, -0.05) is 42.5 Å². The molecule has 0 bridgehead atoms. The quantitative estimate of drug-likeness (QED) is 0.465. The van der Waals surface area contributed by atoms with E-state index < -0.39 is 17.9 Å². The highest BCUT2D eigenvalue weighted by molar-refractivity contribution is 5.99. The van der Waals surface area contributed by atoms with Crippen molar-refractivity contribution in [2.24, 2.45) is 0 Å². The summed E-state index contributed by atoms with van der Waals surface area (Å²) >= 11 is 0. The number of hydrazine groups is 1. The Morgan fingerprint density at radius 1 is 0.897 bits per heavy atom. The molecular formula is C23H21N3O3. The minimum absolute atomic E-state index is 0.369. The molecule has 1 unspecified atom stereocenters. The van der Waals surface area contributed by atoms with Crippen LogP contribution in [0.4, 0.5) is 0 Å². The largest absolute Gasteiger partial charge is 0.481 e. The molecule has 1 heterocycles. The van der Waals surface area contributed by atoms with Gasteiger partial charge in [0.1, 0.15) is 11.4 Å². The van der Waals surface area contributed by atoms with Crippen LogP contribution in [0.3, 0.4) is 0 Å². The maximum Gasteiger partial charge on any atom is 0.286 e. The fourth-order valence-electron chi connectivity index (χ4n) is 3.15. The van der Waals surface area contributed by atoms with Gasteiger partial charge in [0.2, 0.25) is 0 Å². The van der Waals surface area contributed by atoms with E-state index in [9.17, 15) is 9.59 Å². The lowest BCUT2D eigenvalue weighted by atomic mass is 10.1. The van der Waals surface area contributed by atoms with Gasteiger partial charge in [-0.15, -0.1) is 0 Å². The molecule has 1 atom stereocenters. The van der Waals surface area contributed by atoms with Gasteiger partial charge >= 0.3 is 0 Å². The summed E-state index contributed by atoms with van der Waals surface area (Å²) in [5.41, 5.74) is 7.17. The molecule has 29 heavy (non-hydrogen) atoms. The highest BCUT2D eigenvalue weighted by Gasteiger charge is 2.17. The van der Waals surface area contributed by atoms with Gasteiger partial charge in [-0.2, -0.15) is 0 Å². The van der Waals surface area contributed by atoms with Crippen molar-refractivity contribution in [3.8, 4) is 5.75 Å². The Kier molecular flexibility index (Phi) is 4.91. The van der Waals surface area contributed by atoms with E-state index in [1.165, 1.54) is 0 Å². The van der Waals surface area contributed by atoms with Crippen molar-refractivity contribution in [1.29, 1.82) is 0 Å². The van der Waals surface area contributed by atoms with E-state index >= 15 is 0 Å². The summed E-state index contributed by atoms with van der Waals surface area (Å²) in [6.45, 7) is 3.61. The molecule has 0 saturated heterocycles. The normalized spacial score (nSPS) is 11.9. The minimum atomic E-state index is -0.776. The number of carbonyl (C=O) groups excluding carboxylic acids is 2. The van der Waals surface area contributed by atoms with Crippen LogP contribution in [0.25, 0.3) is 21.7 Å². The molecule has 146 valence electrons. The second kappa shape index (κ2) is 7.67. The summed E-state index contributed by atoms with van der Waals surface area (Å²) in [6.07, 6.45) is -0.776. The van der Waals surface area contributed by atoms with Gasteiger partial charge < -0.3 is 9.72 Å². The standard InChI is InChI=1S/C23H21N3O3/c1-14-7-8-18-13-21(24-20(18)11-14)23(28)26-25-22(27)15(2)29-19-10-9-16-5-3-4-6-17(16)12-19/h3-13,15,24H,1-2H3,(H,25,27)(H,26,28). The highest BCUT2D eigenvalue weighted by Crippen LogP contribution is 2.21. The van der Waals surface area contributed by atoms with E-state index in [2.05, 4.69) is 15.8 Å². The van der Waals surface area contributed by atoms with Gasteiger partial charge in [-0.25, -0.2) is 0 Å². The van der Waals surface area contributed by atoms with Crippen molar-refractivity contribution in [1.82, 2.24) is 15.8 Å². The summed E-state index contributed by atoms with van der Waals surface area (Å²) in [5.74, 6) is -0.285. The number of amides is 2. The molecule has 0 aliphatic rings. The summed E-state index contributed by atoms with van der Waals surface area (Å²) in [6, 6.07) is 21.2. The van der Waals surface area contributed by atoms with Crippen LogP contribution >= 0.6 is 0 Å². The van der Waals surface area contributed by atoms with Crippen molar-refractivity contribution in [3.05, 3.63) is 78.0 Å². The third-order valence-corrected chi connectivity index (χ3v) is 4.72. The van der Waals surface area contributed by atoms with E-state index in [4.69, 9.17) is 4.74 Å². The van der Waals surface area contributed by atoms with Gasteiger partial charge in [-0.05, 0) is 54.4 Å².